The second kappa shape index (κ2) is 5.25. The van der Waals surface area contributed by atoms with Gasteiger partial charge in [0, 0.05) is 18.8 Å². The fourth-order valence-electron chi connectivity index (χ4n) is 0.982. The van der Waals surface area contributed by atoms with Crippen molar-refractivity contribution < 1.29 is 4.74 Å². The second-order valence-electron chi connectivity index (χ2n) is 2.66. The molecule has 0 heterocycles. The molecule has 0 aliphatic carbocycles. The zero-order chi connectivity index (χ0) is 9.52. The molecule has 0 aliphatic rings. The van der Waals surface area contributed by atoms with Crippen LogP contribution in [-0.2, 0) is 0 Å². The number of ether oxygens (including phenoxy) is 1. The van der Waals surface area contributed by atoms with Crippen LogP contribution in [0.2, 0.25) is 0 Å². The summed E-state index contributed by atoms with van der Waals surface area (Å²) in [6.07, 6.45) is 3.95. The van der Waals surface area contributed by atoms with E-state index in [2.05, 4.69) is 5.32 Å². The minimum Gasteiger partial charge on any atom is -0.489 e. The minimum atomic E-state index is 0.629. The third kappa shape index (κ3) is 3.20. The first-order valence-electron chi connectivity index (χ1n) is 4.38. The van der Waals surface area contributed by atoms with Crippen LogP contribution in [0.5, 0.6) is 5.75 Å². The van der Waals surface area contributed by atoms with E-state index in [9.17, 15) is 0 Å². The van der Waals surface area contributed by atoms with E-state index in [1.807, 2.05) is 50.4 Å². The molecule has 1 N–H and O–H groups in total. The first-order chi connectivity index (χ1) is 6.36. The minimum absolute atomic E-state index is 0.629. The molecule has 0 unspecified atom stereocenters. The number of nitrogens with one attached hydrogen (secondary N) is 1. The molecule has 2 heteroatoms. The van der Waals surface area contributed by atoms with E-state index in [4.69, 9.17) is 4.74 Å². The monoisotopic (exact) mass is 177 g/mol. The van der Waals surface area contributed by atoms with Crippen molar-refractivity contribution in [3.63, 3.8) is 0 Å². The zero-order valence-electron chi connectivity index (χ0n) is 8.08. The van der Waals surface area contributed by atoms with E-state index >= 15 is 0 Å². The summed E-state index contributed by atoms with van der Waals surface area (Å²) in [5, 5.41) is 3.06. The predicted octanol–water partition coefficient (Wildman–Crippen LogP) is 2.68. The van der Waals surface area contributed by atoms with Crippen LogP contribution in [0.3, 0.4) is 0 Å². The Morgan fingerprint density at radius 2 is 2.31 bits per heavy atom. The summed E-state index contributed by atoms with van der Waals surface area (Å²) in [7, 11) is 1.89. The van der Waals surface area contributed by atoms with Gasteiger partial charge in [0.05, 0.1) is 0 Å². The third-order valence-corrected chi connectivity index (χ3v) is 1.70. The van der Waals surface area contributed by atoms with Crippen LogP contribution in [-0.4, -0.2) is 13.7 Å². The van der Waals surface area contributed by atoms with Crippen LogP contribution in [0.1, 0.15) is 6.92 Å². The van der Waals surface area contributed by atoms with Crippen molar-refractivity contribution in [1.82, 2.24) is 0 Å². The quantitative estimate of drug-likeness (QED) is 0.714. The molecule has 70 valence electrons. The van der Waals surface area contributed by atoms with Gasteiger partial charge in [-0.15, -0.1) is 0 Å². The molecule has 13 heavy (non-hydrogen) atoms. The molecule has 1 rings (SSSR count). The van der Waals surface area contributed by atoms with Crippen LogP contribution >= 0.6 is 0 Å². The first kappa shape index (κ1) is 9.65. The highest BCUT2D eigenvalue weighted by molar-refractivity contribution is 5.47. The van der Waals surface area contributed by atoms with E-state index in [-0.39, 0.29) is 0 Å². The van der Waals surface area contributed by atoms with Gasteiger partial charge in [-0.25, -0.2) is 0 Å². The van der Waals surface area contributed by atoms with Gasteiger partial charge in [0.15, 0.2) is 0 Å². The Kier molecular flexibility index (Phi) is 3.89. The fourth-order valence-corrected chi connectivity index (χ4v) is 0.982. The summed E-state index contributed by atoms with van der Waals surface area (Å²) in [6, 6.07) is 7.90. The van der Waals surface area contributed by atoms with E-state index in [0.29, 0.717) is 6.61 Å². The maximum absolute atomic E-state index is 5.46. The van der Waals surface area contributed by atoms with Gasteiger partial charge in [0.2, 0.25) is 0 Å². The van der Waals surface area contributed by atoms with Gasteiger partial charge in [-0.3, -0.25) is 0 Å². The van der Waals surface area contributed by atoms with Gasteiger partial charge in [0.1, 0.15) is 12.4 Å². The van der Waals surface area contributed by atoms with Crippen molar-refractivity contribution in [2.45, 2.75) is 6.92 Å². The van der Waals surface area contributed by atoms with Crippen molar-refractivity contribution >= 4 is 5.69 Å². The van der Waals surface area contributed by atoms with Crippen LogP contribution < -0.4 is 10.1 Å². The maximum Gasteiger partial charge on any atom is 0.121 e. The highest BCUT2D eigenvalue weighted by Gasteiger charge is 1.92. The molecule has 0 radical (unpaired) electrons. The molecule has 0 spiro atoms. The predicted molar refractivity (Wildman–Crippen MR) is 56.3 cm³/mol. The second-order valence-corrected chi connectivity index (χ2v) is 2.66. The van der Waals surface area contributed by atoms with Gasteiger partial charge < -0.3 is 10.1 Å². The SMILES string of the molecule is C/C=C/COc1cccc(NC)c1. The topological polar surface area (TPSA) is 21.3 Å². The van der Waals surface area contributed by atoms with Gasteiger partial charge in [0.25, 0.3) is 0 Å². The molecule has 0 fully saturated rings. The smallest absolute Gasteiger partial charge is 0.121 e. The van der Waals surface area contributed by atoms with E-state index in [1.165, 1.54) is 0 Å². The summed E-state index contributed by atoms with van der Waals surface area (Å²) < 4.78 is 5.46. The summed E-state index contributed by atoms with van der Waals surface area (Å²) in [4.78, 5) is 0. The molecule has 0 amide bonds. The molecule has 0 bridgehead atoms. The van der Waals surface area contributed by atoms with Crippen molar-refractivity contribution in [3.05, 3.63) is 36.4 Å². The number of allylic oxidation sites excluding steroid dienone is 1. The molecular formula is C11H15NO. The Hall–Kier alpha value is -1.44. The van der Waals surface area contributed by atoms with Crippen molar-refractivity contribution in [1.29, 1.82) is 0 Å². The average Bonchev–Trinajstić information content (AvgIpc) is 2.19. The number of hydrogen-bond acceptors (Lipinski definition) is 2. The normalized spacial score (nSPS) is 10.3. The molecule has 0 atom stereocenters. The maximum atomic E-state index is 5.46. The number of benzene rings is 1. The van der Waals surface area contributed by atoms with Gasteiger partial charge >= 0.3 is 0 Å². The Bertz CT molecular complexity index is 281. The highest BCUT2D eigenvalue weighted by atomic mass is 16.5. The molecule has 0 aromatic heterocycles. The van der Waals surface area contributed by atoms with Gasteiger partial charge in [-0.05, 0) is 19.1 Å². The third-order valence-electron chi connectivity index (χ3n) is 1.70. The fraction of sp³-hybridized carbons (Fsp3) is 0.273. The summed E-state index contributed by atoms with van der Waals surface area (Å²) >= 11 is 0. The molecular weight excluding hydrogens is 162 g/mol. The van der Waals surface area contributed by atoms with E-state index < -0.39 is 0 Å². The Balaban J connectivity index is 2.56. The standard InChI is InChI=1S/C11H15NO/c1-3-4-8-13-11-7-5-6-10(9-11)12-2/h3-7,9,12H,8H2,1-2H3/b4-3+. The Morgan fingerprint density at radius 1 is 1.46 bits per heavy atom. The lowest BCUT2D eigenvalue weighted by Gasteiger charge is -2.05. The summed E-state index contributed by atoms with van der Waals surface area (Å²) in [5.74, 6) is 0.893. The Labute approximate surface area is 79.2 Å². The van der Waals surface area contributed by atoms with Crippen molar-refractivity contribution in [2.75, 3.05) is 19.0 Å². The van der Waals surface area contributed by atoms with Crippen LogP contribution in [0.15, 0.2) is 36.4 Å². The van der Waals surface area contributed by atoms with Crippen molar-refractivity contribution in [2.24, 2.45) is 0 Å². The van der Waals surface area contributed by atoms with Crippen LogP contribution in [0.25, 0.3) is 0 Å². The number of anilines is 1. The largest absolute Gasteiger partial charge is 0.489 e. The lowest BCUT2D eigenvalue weighted by atomic mass is 10.3. The van der Waals surface area contributed by atoms with Gasteiger partial charge in [-0.1, -0.05) is 18.2 Å². The number of rotatable bonds is 4. The molecule has 1 aromatic rings. The number of hydrogen-bond donors (Lipinski definition) is 1. The summed E-state index contributed by atoms with van der Waals surface area (Å²) in [6.45, 7) is 2.61. The molecule has 0 saturated carbocycles. The molecule has 1 aromatic carbocycles. The average molecular weight is 177 g/mol. The van der Waals surface area contributed by atoms with E-state index in [1.54, 1.807) is 0 Å². The molecule has 0 saturated heterocycles. The lowest BCUT2D eigenvalue weighted by Crippen LogP contribution is -1.94. The highest BCUT2D eigenvalue weighted by Crippen LogP contribution is 2.16. The zero-order valence-corrected chi connectivity index (χ0v) is 8.08. The molecule has 0 aliphatic heterocycles. The van der Waals surface area contributed by atoms with Crippen LogP contribution in [0.4, 0.5) is 5.69 Å². The lowest BCUT2D eigenvalue weighted by molar-refractivity contribution is 0.363. The van der Waals surface area contributed by atoms with Crippen molar-refractivity contribution in [3.8, 4) is 5.75 Å². The van der Waals surface area contributed by atoms with Gasteiger partial charge in [-0.2, -0.15) is 0 Å². The first-order valence-corrected chi connectivity index (χ1v) is 4.38. The van der Waals surface area contributed by atoms with E-state index in [0.717, 1.165) is 11.4 Å². The summed E-state index contributed by atoms with van der Waals surface area (Å²) in [5.41, 5.74) is 1.07. The van der Waals surface area contributed by atoms with Crippen LogP contribution in [0, 0.1) is 0 Å². The Morgan fingerprint density at radius 3 is 3.00 bits per heavy atom. The molecule has 2 nitrogen and oxygen atoms in total.